The smallest absolute Gasteiger partial charge is 0.352 e. The standard InChI is InChI=1S/C19H24F3N3O2/c20-19(21,22)14-5-3-4-13(10-14)18(8-1-2-9-18)12-24-17(27)23-11-16(26)25-15-6-7-15/h3-5,10,15H,1-2,6-9,11-12H2,(H,25,26)(H2,23,24,27). The van der Waals surface area contributed by atoms with Gasteiger partial charge in [-0.15, -0.1) is 0 Å². The summed E-state index contributed by atoms with van der Waals surface area (Å²) in [6.45, 7) is 0.128. The number of carbonyl (C=O) groups excluding carboxylic acids is 2. The Balaban J connectivity index is 1.60. The lowest BCUT2D eigenvalue weighted by atomic mass is 9.78. The molecule has 1 aromatic rings. The van der Waals surface area contributed by atoms with Gasteiger partial charge in [-0.25, -0.2) is 4.79 Å². The number of carbonyl (C=O) groups is 2. The van der Waals surface area contributed by atoms with Crippen LogP contribution in [-0.4, -0.2) is 31.1 Å². The summed E-state index contributed by atoms with van der Waals surface area (Å²) >= 11 is 0. The molecule has 2 fully saturated rings. The number of amides is 3. The number of urea groups is 1. The molecule has 0 heterocycles. The van der Waals surface area contributed by atoms with Gasteiger partial charge in [0.2, 0.25) is 5.91 Å². The zero-order valence-electron chi connectivity index (χ0n) is 15.0. The van der Waals surface area contributed by atoms with Crippen molar-refractivity contribution < 1.29 is 22.8 Å². The van der Waals surface area contributed by atoms with Crippen molar-refractivity contribution in [2.45, 2.75) is 56.2 Å². The first-order chi connectivity index (χ1) is 12.8. The molecule has 3 rings (SSSR count). The van der Waals surface area contributed by atoms with E-state index in [1.165, 1.54) is 12.1 Å². The first kappa shape index (κ1) is 19.5. The van der Waals surface area contributed by atoms with Gasteiger partial charge in [-0.1, -0.05) is 31.0 Å². The summed E-state index contributed by atoms with van der Waals surface area (Å²) in [7, 11) is 0. The lowest BCUT2D eigenvalue weighted by Crippen LogP contribution is -2.46. The quantitative estimate of drug-likeness (QED) is 0.707. The predicted octanol–water partition coefficient (Wildman–Crippen LogP) is 3.10. The van der Waals surface area contributed by atoms with Crippen LogP contribution in [0.1, 0.15) is 49.7 Å². The van der Waals surface area contributed by atoms with E-state index in [0.29, 0.717) is 5.56 Å². The third kappa shape index (κ3) is 5.14. The summed E-state index contributed by atoms with van der Waals surface area (Å²) in [6.07, 6.45) is 0.796. The van der Waals surface area contributed by atoms with E-state index in [9.17, 15) is 22.8 Å². The fourth-order valence-corrected chi connectivity index (χ4v) is 3.62. The number of hydrogen-bond donors (Lipinski definition) is 3. The number of hydrogen-bond acceptors (Lipinski definition) is 2. The fourth-order valence-electron chi connectivity index (χ4n) is 3.62. The Kier molecular flexibility index (Phi) is 5.62. The molecule has 0 aliphatic heterocycles. The van der Waals surface area contributed by atoms with E-state index < -0.39 is 23.2 Å². The van der Waals surface area contributed by atoms with Crippen LogP contribution in [0, 0.1) is 0 Å². The number of nitrogens with one attached hydrogen (secondary N) is 3. The van der Waals surface area contributed by atoms with Gasteiger partial charge in [0.05, 0.1) is 12.1 Å². The van der Waals surface area contributed by atoms with Crippen molar-refractivity contribution in [2.75, 3.05) is 13.1 Å². The van der Waals surface area contributed by atoms with Gasteiger partial charge in [-0.05, 0) is 37.3 Å². The van der Waals surface area contributed by atoms with Crippen LogP contribution >= 0.6 is 0 Å². The molecule has 5 nitrogen and oxygen atoms in total. The molecule has 0 aromatic heterocycles. The molecular weight excluding hydrogens is 359 g/mol. The summed E-state index contributed by atoms with van der Waals surface area (Å²) in [5.74, 6) is -0.235. The second kappa shape index (κ2) is 7.78. The molecule has 0 saturated heterocycles. The van der Waals surface area contributed by atoms with Gasteiger partial charge >= 0.3 is 12.2 Å². The fraction of sp³-hybridized carbons (Fsp3) is 0.579. The monoisotopic (exact) mass is 383 g/mol. The Hall–Kier alpha value is -2.25. The normalized spacial score (nSPS) is 18.8. The summed E-state index contributed by atoms with van der Waals surface area (Å²) in [4.78, 5) is 23.6. The average molecular weight is 383 g/mol. The third-order valence-electron chi connectivity index (χ3n) is 5.30. The summed E-state index contributed by atoms with van der Waals surface area (Å²) in [6, 6.07) is 5.10. The summed E-state index contributed by atoms with van der Waals surface area (Å²) in [5.41, 5.74) is -0.580. The number of rotatable bonds is 6. The van der Waals surface area contributed by atoms with E-state index in [2.05, 4.69) is 16.0 Å². The third-order valence-corrected chi connectivity index (χ3v) is 5.30. The van der Waals surface area contributed by atoms with Crippen LogP contribution in [0.2, 0.25) is 0 Å². The highest BCUT2D eigenvalue weighted by Crippen LogP contribution is 2.42. The maximum absolute atomic E-state index is 13.0. The highest BCUT2D eigenvalue weighted by molar-refractivity contribution is 5.84. The van der Waals surface area contributed by atoms with Gasteiger partial charge < -0.3 is 16.0 Å². The van der Waals surface area contributed by atoms with E-state index in [0.717, 1.165) is 44.6 Å². The van der Waals surface area contributed by atoms with Crippen LogP contribution in [0.15, 0.2) is 24.3 Å². The Morgan fingerprint density at radius 2 is 1.81 bits per heavy atom. The second-order valence-electron chi connectivity index (χ2n) is 7.44. The number of benzene rings is 1. The Morgan fingerprint density at radius 1 is 1.11 bits per heavy atom. The highest BCUT2D eigenvalue weighted by atomic mass is 19.4. The molecule has 2 aliphatic rings. The van der Waals surface area contributed by atoms with Crippen molar-refractivity contribution in [3.05, 3.63) is 35.4 Å². The minimum Gasteiger partial charge on any atom is -0.352 e. The molecule has 0 bridgehead atoms. The molecule has 8 heteroatoms. The van der Waals surface area contributed by atoms with Crippen molar-refractivity contribution in [1.29, 1.82) is 0 Å². The van der Waals surface area contributed by atoms with Crippen LogP contribution in [0.25, 0.3) is 0 Å². The lowest BCUT2D eigenvalue weighted by molar-refractivity contribution is -0.137. The number of halogens is 3. The van der Waals surface area contributed by atoms with Crippen molar-refractivity contribution in [2.24, 2.45) is 0 Å². The number of alkyl halides is 3. The Bertz CT molecular complexity index is 696. The molecule has 1 aromatic carbocycles. The minimum absolute atomic E-state index is 0.112. The summed E-state index contributed by atoms with van der Waals surface area (Å²) < 4.78 is 39.1. The lowest BCUT2D eigenvalue weighted by Gasteiger charge is -2.30. The highest BCUT2D eigenvalue weighted by Gasteiger charge is 2.38. The van der Waals surface area contributed by atoms with Crippen LogP contribution in [-0.2, 0) is 16.4 Å². The van der Waals surface area contributed by atoms with Gasteiger partial charge in [0.1, 0.15) is 0 Å². The van der Waals surface area contributed by atoms with E-state index in [1.807, 2.05) is 0 Å². The van der Waals surface area contributed by atoms with Gasteiger partial charge in [-0.2, -0.15) is 13.2 Å². The maximum Gasteiger partial charge on any atom is 0.416 e. The van der Waals surface area contributed by atoms with Crippen molar-refractivity contribution in [3.8, 4) is 0 Å². The molecule has 0 atom stereocenters. The predicted molar refractivity (Wildman–Crippen MR) is 94.2 cm³/mol. The Labute approximate surface area is 156 Å². The van der Waals surface area contributed by atoms with Gasteiger partial charge in [0, 0.05) is 18.0 Å². The molecule has 3 N–H and O–H groups in total. The molecule has 27 heavy (non-hydrogen) atoms. The topological polar surface area (TPSA) is 70.2 Å². The first-order valence-corrected chi connectivity index (χ1v) is 9.27. The largest absolute Gasteiger partial charge is 0.416 e. The molecule has 0 unspecified atom stereocenters. The van der Waals surface area contributed by atoms with Crippen LogP contribution in [0.5, 0.6) is 0 Å². The first-order valence-electron chi connectivity index (χ1n) is 9.27. The zero-order chi connectivity index (χ0) is 19.5. The van der Waals surface area contributed by atoms with E-state index in [-0.39, 0.29) is 25.0 Å². The summed E-state index contributed by atoms with van der Waals surface area (Å²) in [5, 5.41) is 8.01. The van der Waals surface area contributed by atoms with Gasteiger partial charge in [0.15, 0.2) is 0 Å². The molecule has 0 spiro atoms. The van der Waals surface area contributed by atoms with Crippen molar-refractivity contribution in [1.82, 2.24) is 16.0 Å². The van der Waals surface area contributed by atoms with E-state index in [4.69, 9.17) is 0 Å². The van der Waals surface area contributed by atoms with E-state index in [1.54, 1.807) is 6.07 Å². The van der Waals surface area contributed by atoms with Crippen LogP contribution in [0.4, 0.5) is 18.0 Å². The molecule has 2 saturated carbocycles. The molecule has 2 aliphatic carbocycles. The molecule has 148 valence electrons. The van der Waals surface area contributed by atoms with Gasteiger partial charge in [-0.3, -0.25) is 4.79 Å². The maximum atomic E-state index is 13.0. The molecular formula is C19H24F3N3O2. The Morgan fingerprint density at radius 3 is 2.44 bits per heavy atom. The zero-order valence-corrected chi connectivity index (χ0v) is 15.0. The molecule has 0 radical (unpaired) electrons. The van der Waals surface area contributed by atoms with E-state index >= 15 is 0 Å². The van der Waals surface area contributed by atoms with Crippen LogP contribution < -0.4 is 16.0 Å². The van der Waals surface area contributed by atoms with Crippen molar-refractivity contribution in [3.63, 3.8) is 0 Å². The average Bonchev–Trinajstić information content (AvgIpc) is 3.31. The molecule has 3 amide bonds. The van der Waals surface area contributed by atoms with Crippen molar-refractivity contribution >= 4 is 11.9 Å². The SMILES string of the molecule is O=C(CNC(=O)NCC1(c2cccc(C(F)(F)F)c2)CCCC1)NC1CC1. The minimum atomic E-state index is -4.39. The van der Waals surface area contributed by atoms with Crippen LogP contribution in [0.3, 0.4) is 0 Å². The van der Waals surface area contributed by atoms with Gasteiger partial charge in [0.25, 0.3) is 0 Å². The second-order valence-corrected chi connectivity index (χ2v) is 7.44.